The molecule has 1 saturated heterocycles. The molecule has 2 aromatic rings. The lowest BCUT2D eigenvalue weighted by Crippen LogP contribution is -2.46. The monoisotopic (exact) mass is 296 g/mol. The number of anilines is 2. The number of ether oxygens (including phenoxy) is 1. The number of rotatable bonds is 2. The number of nitrogens with zero attached hydrogens (tertiary/aromatic N) is 2. The molecule has 5 nitrogen and oxygen atoms in total. The molecule has 2 aliphatic rings. The van der Waals surface area contributed by atoms with Crippen molar-refractivity contribution in [2.24, 2.45) is 0 Å². The molecule has 1 fully saturated rings. The number of hydrazine groups is 1. The second-order valence-electron chi connectivity index (χ2n) is 5.83. The molecule has 1 aromatic heterocycles. The fraction of sp³-hybridized carbons (Fsp3) is 0.353. The lowest BCUT2D eigenvalue weighted by molar-refractivity contribution is 0.00611. The maximum absolute atomic E-state index is 5.95. The highest BCUT2D eigenvalue weighted by Crippen LogP contribution is 2.39. The van der Waals surface area contributed by atoms with Crippen molar-refractivity contribution in [1.82, 2.24) is 15.7 Å². The van der Waals surface area contributed by atoms with E-state index in [0.717, 1.165) is 31.1 Å². The predicted octanol–water partition coefficient (Wildman–Crippen LogP) is 2.08. The minimum absolute atomic E-state index is 0.130. The van der Waals surface area contributed by atoms with Gasteiger partial charge in [-0.2, -0.15) is 0 Å². The number of benzene rings is 1. The number of nitrogens with one attached hydrogen (secondary N) is 2. The van der Waals surface area contributed by atoms with Gasteiger partial charge in [0.05, 0.1) is 36.3 Å². The van der Waals surface area contributed by atoms with Crippen molar-refractivity contribution in [2.75, 3.05) is 24.7 Å². The Hall–Kier alpha value is -1.95. The second kappa shape index (κ2) is 5.68. The third-order valence-corrected chi connectivity index (χ3v) is 4.30. The van der Waals surface area contributed by atoms with Gasteiger partial charge in [0.1, 0.15) is 0 Å². The summed E-state index contributed by atoms with van der Waals surface area (Å²) in [7, 11) is 0. The molecule has 0 saturated carbocycles. The quantitative estimate of drug-likeness (QED) is 0.888. The summed E-state index contributed by atoms with van der Waals surface area (Å²) in [5.41, 5.74) is 8.30. The number of morpholine rings is 1. The highest BCUT2D eigenvalue weighted by Gasteiger charge is 2.36. The molecule has 2 N–H and O–H groups in total. The van der Waals surface area contributed by atoms with E-state index in [2.05, 4.69) is 58.0 Å². The molecule has 0 bridgehead atoms. The fourth-order valence-corrected chi connectivity index (χ4v) is 3.12. The van der Waals surface area contributed by atoms with E-state index in [1.54, 1.807) is 0 Å². The van der Waals surface area contributed by atoms with Gasteiger partial charge in [-0.1, -0.05) is 17.7 Å². The van der Waals surface area contributed by atoms with Crippen LogP contribution < -0.4 is 15.8 Å². The standard InChI is InChI=1S/C17H20N4O/c1-12-2-4-13(5-3-12)21-15-10-18-7-6-14(15)17(20-21)16-11-19-8-9-22-16/h2-7,10,16-17,19-20H,8-9,11H2,1H3. The van der Waals surface area contributed by atoms with Gasteiger partial charge in [-0.3, -0.25) is 9.99 Å². The third kappa shape index (κ3) is 2.37. The average Bonchev–Trinajstić information content (AvgIpc) is 2.96. The van der Waals surface area contributed by atoms with Crippen molar-refractivity contribution in [1.29, 1.82) is 0 Å². The molecule has 0 radical (unpaired) electrons. The van der Waals surface area contributed by atoms with Crippen LogP contribution in [0.3, 0.4) is 0 Å². The van der Waals surface area contributed by atoms with E-state index in [1.165, 1.54) is 11.1 Å². The van der Waals surface area contributed by atoms with E-state index in [0.29, 0.717) is 0 Å². The fourth-order valence-electron chi connectivity index (χ4n) is 3.12. The topological polar surface area (TPSA) is 49.4 Å². The highest BCUT2D eigenvalue weighted by molar-refractivity contribution is 5.68. The summed E-state index contributed by atoms with van der Waals surface area (Å²) >= 11 is 0. The highest BCUT2D eigenvalue weighted by atomic mass is 16.5. The molecular weight excluding hydrogens is 276 g/mol. The number of hydrogen-bond donors (Lipinski definition) is 2. The van der Waals surface area contributed by atoms with Crippen molar-refractivity contribution in [3.8, 4) is 0 Å². The van der Waals surface area contributed by atoms with Crippen LogP contribution in [-0.2, 0) is 4.74 Å². The van der Waals surface area contributed by atoms with Gasteiger partial charge >= 0.3 is 0 Å². The van der Waals surface area contributed by atoms with Crippen molar-refractivity contribution >= 4 is 11.4 Å². The zero-order chi connectivity index (χ0) is 14.9. The van der Waals surface area contributed by atoms with Crippen LogP contribution >= 0.6 is 0 Å². The van der Waals surface area contributed by atoms with Crippen LogP contribution in [0.5, 0.6) is 0 Å². The lowest BCUT2D eigenvalue weighted by atomic mass is 10.0. The molecule has 2 atom stereocenters. The van der Waals surface area contributed by atoms with Gasteiger partial charge in [0, 0.05) is 24.8 Å². The summed E-state index contributed by atoms with van der Waals surface area (Å²) in [6, 6.07) is 10.7. The molecule has 1 aromatic carbocycles. The van der Waals surface area contributed by atoms with Crippen LogP contribution in [0.4, 0.5) is 11.4 Å². The number of pyridine rings is 1. The summed E-state index contributed by atoms with van der Waals surface area (Å²) in [5, 5.41) is 5.52. The molecule has 2 aliphatic heterocycles. The maximum Gasteiger partial charge on any atom is 0.0912 e. The maximum atomic E-state index is 5.95. The van der Waals surface area contributed by atoms with E-state index < -0.39 is 0 Å². The molecule has 5 heteroatoms. The van der Waals surface area contributed by atoms with Crippen LogP contribution in [0.15, 0.2) is 42.7 Å². The Morgan fingerprint density at radius 1 is 1.23 bits per heavy atom. The molecule has 0 spiro atoms. The Bertz CT molecular complexity index is 652. The SMILES string of the molecule is Cc1ccc(N2NC(C3CNCCO3)c3ccncc32)cc1. The summed E-state index contributed by atoms with van der Waals surface area (Å²) in [5.74, 6) is 0. The summed E-state index contributed by atoms with van der Waals surface area (Å²) in [4.78, 5) is 4.29. The Morgan fingerprint density at radius 3 is 2.86 bits per heavy atom. The summed E-state index contributed by atoms with van der Waals surface area (Å²) < 4.78 is 5.95. The minimum Gasteiger partial charge on any atom is -0.374 e. The molecule has 0 aliphatic carbocycles. The molecule has 22 heavy (non-hydrogen) atoms. The van der Waals surface area contributed by atoms with Gasteiger partial charge in [-0.05, 0) is 25.1 Å². The molecule has 4 rings (SSSR count). The Kier molecular flexibility index (Phi) is 3.54. The van der Waals surface area contributed by atoms with E-state index >= 15 is 0 Å². The van der Waals surface area contributed by atoms with Gasteiger partial charge in [0.25, 0.3) is 0 Å². The van der Waals surface area contributed by atoms with Crippen molar-refractivity contribution in [3.05, 3.63) is 53.9 Å². The first-order chi connectivity index (χ1) is 10.8. The van der Waals surface area contributed by atoms with E-state index in [-0.39, 0.29) is 12.1 Å². The number of aryl methyl sites for hydroxylation is 1. The van der Waals surface area contributed by atoms with E-state index in [9.17, 15) is 0 Å². The van der Waals surface area contributed by atoms with Gasteiger partial charge in [0.2, 0.25) is 0 Å². The zero-order valence-corrected chi connectivity index (χ0v) is 12.6. The predicted molar refractivity (Wildman–Crippen MR) is 86.0 cm³/mol. The van der Waals surface area contributed by atoms with E-state index in [4.69, 9.17) is 4.74 Å². The first-order valence-electron chi connectivity index (χ1n) is 7.72. The molecular formula is C17H20N4O. The molecule has 0 amide bonds. The zero-order valence-electron chi connectivity index (χ0n) is 12.6. The average molecular weight is 296 g/mol. The smallest absolute Gasteiger partial charge is 0.0912 e. The van der Waals surface area contributed by atoms with Crippen molar-refractivity contribution < 1.29 is 4.74 Å². The Labute approximate surface area is 130 Å². The molecule has 2 unspecified atom stereocenters. The molecule has 114 valence electrons. The van der Waals surface area contributed by atoms with E-state index in [1.807, 2.05) is 12.4 Å². The van der Waals surface area contributed by atoms with Gasteiger partial charge < -0.3 is 10.1 Å². The molecule has 3 heterocycles. The van der Waals surface area contributed by atoms with Gasteiger partial charge in [0.15, 0.2) is 0 Å². The first kappa shape index (κ1) is 13.7. The van der Waals surface area contributed by atoms with Crippen molar-refractivity contribution in [2.45, 2.75) is 19.1 Å². The normalized spacial score (nSPS) is 24.3. The Balaban J connectivity index is 1.68. The van der Waals surface area contributed by atoms with Crippen LogP contribution in [-0.4, -0.2) is 30.8 Å². The third-order valence-electron chi connectivity index (χ3n) is 4.30. The van der Waals surface area contributed by atoms with Crippen LogP contribution in [0, 0.1) is 6.92 Å². The summed E-state index contributed by atoms with van der Waals surface area (Å²) in [6.45, 7) is 4.64. The first-order valence-corrected chi connectivity index (χ1v) is 7.72. The lowest BCUT2D eigenvalue weighted by Gasteiger charge is -2.30. The second-order valence-corrected chi connectivity index (χ2v) is 5.83. The number of fused-ring (bicyclic) bond motifs is 1. The number of aromatic nitrogens is 1. The summed E-state index contributed by atoms with van der Waals surface area (Å²) in [6.07, 6.45) is 3.89. The van der Waals surface area contributed by atoms with Gasteiger partial charge in [-0.15, -0.1) is 0 Å². The Morgan fingerprint density at radius 2 is 2.09 bits per heavy atom. The van der Waals surface area contributed by atoms with Crippen LogP contribution in [0.1, 0.15) is 17.2 Å². The van der Waals surface area contributed by atoms with Crippen LogP contribution in [0.2, 0.25) is 0 Å². The van der Waals surface area contributed by atoms with Crippen LogP contribution in [0.25, 0.3) is 0 Å². The van der Waals surface area contributed by atoms with Gasteiger partial charge in [-0.25, -0.2) is 5.43 Å². The minimum atomic E-state index is 0.130. The van der Waals surface area contributed by atoms with Crippen molar-refractivity contribution in [3.63, 3.8) is 0 Å². The number of hydrogen-bond acceptors (Lipinski definition) is 5. The largest absolute Gasteiger partial charge is 0.374 e.